The zero-order valence-corrected chi connectivity index (χ0v) is 12.3. The fourth-order valence-corrected chi connectivity index (χ4v) is 4.26. The molecule has 1 heterocycles. The first-order chi connectivity index (χ1) is 8.64. The van der Waals surface area contributed by atoms with Crippen LogP contribution in [0.5, 0.6) is 0 Å². The van der Waals surface area contributed by atoms with Crippen molar-refractivity contribution in [2.75, 3.05) is 26.2 Å². The van der Waals surface area contributed by atoms with Crippen LogP contribution in [0.25, 0.3) is 0 Å². The minimum absolute atomic E-state index is 0.490. The summed E-state index contributed by atoms with van der Waals surface area (Å²) in [5.74, 6) is 0.869. The van der Waals surface area contributed by atoms with E-state index in [1.54, 1.807) is 0 Å². The number of nitrogens with zero attached hydrogens (tertiary/aromatic N) is 1. The summed E-state index contributed by atoms with van der Waals surface area (Å²) >= 11 is 0. The maximum absolute atomic E-state index is 3.88. The van der Waals surface area contributed by atoms with Gasteiger partial charge in [0.1, 0.15) is 0 Å². The van der Waals surface area contributed by atoms with E-state index in [-0.39, 0.29) is 0 Å². The molecule has 0 radical (unpaired) electrons. The molecule has 0 bridgehead atoms. The SMILES string of the molecule is CC(C)C1(CN2CCCNC3(CCCC3)C2)CC1. The third-order valence-electron chi connectivity index (χ3n) is 5.89. The second-order valence-corrected chi connectivity index (χ2v) is 7.50. The van der Waals surface area contributed by atoms with Crippen LogP contribution in [-0.4, -0.2) is 36.6 Å². The van der Waals surface area contributed by atoms with Gasteiger partial charge in [0.25, 0.3) is 0 Å². The molecule has 0 amide bonds. The van der Waals surface area contributed by atoms with E-state index < -0.39 is 0 Å². The molecule has 0 aromatic heterocycles. The van der Waals surface area contributed by atoms with Crippen LogP contribution in [0.2, 0.25) is 0 Å². The van der Waals surface area contributed by atoms with Crippen molar-refractivity contribution in [2.45, 2.75) is 64.3 Å². The summed E-state index contributed by atoms with van der Waals surface area (Å²) < 4.78 is 0. The molecule has 3 rings (SSSR count). The van der Waals surface area contributed by atoms with Crippen molar-refractivity contribution in [2.24, 2.45) is 11.3 Å². The predicted octanol–water partition coefficient (Wildman–Crippen LogP) is 3.03. The van der Waals surface area contributed by atoms with E-state index in [4.69, 9.17) is 0 Å². The first kappa shape index (κ1) is 12.9. The Morgan fingerprint density at radius 2 is 1.78 bits per heavy atom. The Kier molecular flexibility index (Phi) is 3.44. The lowest BCUT2D eigenvalue weighted by Gasteiger charge is -2.36. The van der Waals surface area contributed by atoms with Crippen LogP contribution in [0, 0.1) is 11.3 Å². The largest absolute Gasteiger partial charge is 0.310 e. The molecule has 2 aliphatic carbocycles. The monoisotopic (exact) mass is 250 g/mol. The Labute approximate surface area is 113 Å². The van der Waals surface area contributed by atoms with Crippen LogP contribution in [0.1, 0.15) is 58.8 Å². The van der Waals surface area contributed by atoms with Crippen LogP contribution >= 0.6 is 0 Å². The number of nitrogens with one attached hydrogen (secondary N) is 1. The first-order valence-corrected chi connectivity index (χ1v) is 8.12. The molecular weight excluding hydrogens is 220 g/mol. The first-order valence-electron chi connectivity index (χ1n) is 8.12. The third kappa shape index (κ3) is 2.46. The maximum atomic E-state index is 3.88. The van der Waals surface area contributed by atoms with E-state index in [1.165, 1.54) is 71.1 Å². The zero-order chi connectivity index (χ0) is 12.6. The van der Waals surface area contributed by atoms with Gasteiger partial charge in [-0.1, -0.05) is 26.7 Å². The molecule has 3 fully saturated rings. The molecule has 18 heavy (non-hydrogen) atoms. The molecule has 104 valence electrons. The zero-order valence-electron chi connectivity index (χ0n) is 12.3. The van der Waals surface area contributed by atoms with Crippen molar-refractivity contribution in [3.05, 3.63) is 0 Å². The van der Waals surface area contributed by atoms with E-state index >= 15 is 0 Å². The van der Waals surface area contributed by atoms with Crippen LogP contribution in [0.3, 0.4) is 0 Å². The summed E-state index contributed by atoms with van der Waals surface area (Å²) in [7, 11) is 0. The van der Waals surface area contributed by atoms with Gasteiger partial charge in [-0.2, -0.15) is 0 Å². The van der Waals surface area contributed by atoms with Gasteiger partial charge in [0.15, 0.2) is 0 Å². The lowest BCUT2D eigenvalue weighted by atomic mass is 9.90. The highest BCUT2D eigenvalue weighted by atomic mass is 15.2. The Hall–Kier alpha value is -0.0800. The Balaban J connectivity index is 1.64. The molecular formula is C16H30N2. The fourth-order valence-electron chi connectivity index (χ4n) is 4.26. The molecule has 1 N–H and O–H groups in total. The van der Waals surface area contributed by atoms with Crippen molar-refractivity contribution >= 4 is 0 Å². The van der Waals surface area contributed by atoms with E-state index in [1.807, 2.05) is 0 Å². The van der Waals surface area contributed by atoms with Gasteiger partial charge < -0.3 is 10.2 Å². The number of hydrogen-bond donors (Lipinski definition) is 1. The van der Waals surface area contributed by atoms with Crippen LogP contribution in [0.15, 0.2) is 0 Å². The Morgan fingerprint density at radius 3 is 2.39 bits per heavy atom. The highest BCUT2D eigenvalue weighted by Gasteiger charge is 2.47. The van der Waals surface area contributed by atoms with Crippen LogP contribution in [-0.2, 0) is 0 Å². The lowest BCUT2D eigenvalue weighted by molar-refractivity contribution is 0.155. The van der Waals surface area contributed by atoms with Gasteiger partial charge in [-0.3, -0.25) is 0 Å². The lowest BCUT2D eigenvalue weighted by Crippen LogP contribution is -2.50. The quantitative estimate of drug-likeness (QED) is 0.828. The van der Waals surface area contributed by atoms with Crippen molar-refractivity contribution < 1.29 is 0 Å². The normalized spacial score (nSPS) is 30.8. The summed E-state index contributed by atoms with van der Waals surface area (Å²) in [6.45, 7) is 10.1. The summed E-state index contributed by atoms with van der Waals surface area (Å²) in [6, 6.07) is 0. The van der Waals surface area contributed by atoms with E-state index in [9.17, 15) is 0 Å². The predicted molar refractivity (Wildman–Crippen MR) is 76.8 cm³/mol. The van der Waals surface area contributed by atoms with Gasteiger partial charge in [-0.25, -0.2) is 0 Å². The fraction of sp³-hybridized carbons (Fsp3) is 1.00. The van der Waals surface area contributed by atoms with Gasteiger partial charge in [0, 0.05) is 18.6 Å². The molecule has 0 aromatic carbocycles. The van der Waals surface area contributed by atoms with Crippen LogP contribution < -0.4 is 5.32 Å². The molecule has 3 aliphatic rings. The minimum atomic E-state index is 0.490. The maximum Gasteiger partial charge on any atom is 0.0308 e. The molecule has 1 spiro atoms. The van der Waals surface area contributed by atoms with Gasteiger partial charge in [-0.05, 0) is 56.5 Å². The van der Waals surface area contributed by atoms with E-state index in [0.717, 1.165) is 5.92 Å². The smallest absolute Gasteiger partial charge is 0.0308 e. The summed E-state index contributed by atoms with van der Waals surface area (Å²) in [6.07, 6.45) is 10.0. The van der Waals surface area contributed by atoms with Gasteiger partial charge in [-0.15, -0.1) is 0 Å². The summed E-state index contributed by atoms with van der Waals surface area (Å²) in [4.78, 5) is 2.80. The molecule has 1 saturated heterocycles. The Bertz CT molecular complexity index is 287. The molecule has 0 atom stereocenters. The summed E-state index contributed by atoms with van der Waals surface area (Å²) in [5, 5.41) is 3.88. The highest BCUT2D eigenvalue weighted by molar-refractivity contribution is 5.02. The molecule has 1 aliphatic heterocycles. The molecule has 0 unspecified atom stereocenters. The van der Waals surface area contributed by atoms with Gasteiger partial charge in [0.2, 0.25) is 0 Å². The van der Waals surface area contributed by atoms with E-state index in [2.05, 4.69) is 24.1 Å². The van der Waals surface area contributed by atoms with Gasteiger partial charge in [0.05, 0.1) is 0 Å². The average molecular weight is 250 g/mol. The topological polar surface area (TPSA) is 15.3 Å². The van der Waals surface area contributed by atoms with Crippen molar-refractivity contribution in [1.29, 1.82) is 0 Å². The Morgan fingerprint density at radius 1 is 1.06 bits per heavy atom. The number of hydrogen-bond acceptors (Lipinski definition) is 2. The van der Waals surface area contributed by atoms with Crippen molar-refractivity contribution in [3.8, 4) is 0 Å². The van der Waals surface area contributed by atoms with Crippen molar-refractivity contribution in [1.82, 2.24) is 10.2 Å². The van der Waals surface area contributed by atoms with Crippen molar-refractivity contribution in [3.63, 3.8) is 0 Å². The summed E-state index contributed by atoms with van der Waals surface area (Å²) in [5.41, 5.74) is 1.17. The average Bonchev–Trinajstić information content (AvgIpc) is 3.02. The molecule has 0 aromatic rings. The molecule has 2 heteroatoms. The molecule has 2 nitrogen and oxygen atoms in total. The third-order valence-corrected chi connectivity index (χ3v) is 5.89. The standard InChI is InChI=1S/C16H30N2/c1-14(2)15(8-9-15)12-18-11-5-10-17-16(13-18)6-3-4-7-16/h14,17H,3-13H2,1-2H3. The second-order valence-electron chi connectivity index (χ2n) is 7.50. The highest BCUT2D eigenvalue weighted by Crippen LogP contribution is 2.52. The second kappa shape index (κ2) is 4.79. The molecule has 2 saturated carbocycles. The van der Waals surface area contributed by atoms with E-state index in [0.29, 0.717) is 11.0 Å². The minimum Gasteiger partial charge on any atom is -0.310 e. The van der Waals surface area contributed by atoms with Gasteiger partial charge >= 0.3 is 0 Å². The number of rotatable bonds is 3. The van der Waals surface area contributed by atoms with Crippen LogP contribution in [0.4, 0.5) is 0 Å².